The van der Waals surface area contributed by atoms with Gasteiger partial charge in [-0.2, -0.15) is 4.31 Å². The van der Waals surface area contributed by atoms with Gasteiger partial charge in [-0.15, -0.1) is 0 Å². The van der Waals surface area contributed by atoms with Crippen molar-refractivity contribution in [2.45, 2.75) is 71.1 Å². The summed E-state index contributed by atoms with van der Waals surface area (Å²) < 4.78 is 43.7. The zero-order chi connectivity index (χ0) is 23.0. The number of carbonyl (C=O) groups is 2. The second-order valence-electron chi connectivity index (χ2n) is 9.04. The Morgan fingerprint density at radius 1 is 1.23 bits per heavy atom. The molecule has 3 rings (SSSR count). The summed E-state index contributed by atoms with van der Waals surface area (Å²) >= 11 is 0. The van der Waals surface area contributed by atoms with Gasteiger partial charge in [-0.25, -0.2) is 18.0 Å². The standard InChI is InChI=1S/C21H30N2O7S/c1-14(2)22-17-13-31(26,27)23(20(25)30-21(3,4)5)16(18(17)29-19(22)24)12-28-11-15-9-7-6-8-10-15/h6-10,14,16-18H,11-13H2,1-5H3/t16-,17+,18-/m0/s1. The van der Waals surface area contributed by atoms with Gasteiger partial charge in [0.05, 0.1) is 25.0 Å². The van der Waals surface area contributed by atoms with Gasteiger partial charge in [-0.1, -0.05) is 30.3 Å². The maximum absolute atomic E-state index is 13.1. The highest BCUT2D eigenvalue weighted by Gasteiger charge is 2.58. The maximum atomic E-state index is 13.1. The molecule has 0 radical (unpaired) electrons. The fourth-order valence-corrected chi connectivity index (χ4v) is 5.68. The van der Waals surface area contributed by atoms with Crippen molar-refractivity contribution in [1.29, 1.82) is 0 Å². The summed E-state index contributed by atoms with van der Waals surface area (Å²) in [5.41, 5.74) is 0.00337. The minimum absolute atomic E-state index is 0.131. The smallest absolute Gasteiger partial charge is 0.424 e. The number of carbonyl (C=O) groups excluding carboxylic acids is 2. The lowest BCUT2D eigenvalue weighted by molar-refractivity contribution is -0.0133. The van der Waals surface area contributed by atoms with Gasteiger partial charge in [0.1, 0.15) is 17.7 Å². The first kappa shape index (κ1) is 23.3. The van der Waals surface area contributed by atoms with Crippen LogP contribution in [-0.4, -0.2) is 72.0 Å². The molecule has 0 unspecified atom stereocenters. The highest BCUT2D eigenvalue weighted by Crippen LogP contribution is 2.35. The van der Waals surface area contributed by atoms with E-state index >= 15 is 0 Å². The molecule has 31 heavy (non-hydrogen) atoms. The molecule has 2 saturated heterocycles. The Balaban J connectivity index is 1.90. The van der Waals surface area contributed by atoms with Crippen LogP contribution in [0.1, 0.15) is 40.2 Å². The Morgan fingerprint density at radius 3 is 2.45 bits per heavy atom. The third-order valence-electron chi connectivity index (χ3n) is 5.08. The summed E-state index contributed by atoms with van der Waals surface area (Å²) in [7, 11) is -4.08. The van der Waals surface area contributed by atoms with Crippen LogP contribution in [0.4, 0.5) is 9.59 Å². The van der Waals surface area contributed by atoms with Crippen LogP contribution in [0.15, 0.2) is 30.3 Å². The van der Waals surface area contributed by atoms with Gasteiger partial charge in [0.2, 0.25) is 10.0 Å². The first-order valence-electron chi connectivity index (χ1n) is 10.3. The molecule has 1 aromatic rings. The molecule has 1 aromatic carbocycles. The van der Waals surface area contributed by atoms with E-state index in [1.54, 1.807) is 34.6 Å². The van der Waals surface area contributed by atoms with Gasteiger partial charge >= 0.3 is 12.2 Å². The van der Waals surface area contributed by atoms with E-state index in [2.05, 4.69) is 0 Å². The molecule has 2 aliphatic rings. The molecule has 2 heterocycles. The summed E-state index contributed by atoms with van der Waals surface area (Å²) in [6.45, 7) is 8.63. The topological polar surface area (TPSA) is 102 Å². The van der Waals surface area contributed by atoms with E-state index in [4.69, 9.17) is 14.2 Å². The van der Waals surface area contributed by atoms with Crippen LogP contribution in [0.3, 0.4) is 0 Å². The lowest BCUT2D eigenvalue weighted by Crippen LogP contribution is -2.64. The molecule has 2 aliphatic heterocycles. The molecular weight excluding hydrogens is 424 g/mol. The van der Waals surface area contributed by atoms with Gasteiger partial charge in [-0.05, 0) is 40.2 Å². The Bertz CT molecular complexity index is 911. The van der Waals surface area contributed by atoms with Crippen LogP contribution in [0.5, 0.6) is 0 Å². The Labute approximate surface area is 183 Å². The molecule has 9 nitrogen and oxygen atoms in total. The molecule has 0 bridgehead atoms. The van der Waals surface area contributed by atoms with Crippen LogP contribution in [0.2, 0.25) is 0 Å². The third-order valence-corrected chi connectivity index (χ3v) is 6.86. The number of fused-ring (bicyclic) bond motifs is 1. The molecule has 0 N–H and O–H groups in total. The van der Waals surface area contributed by atoms with Crippen molar-refractivity contribution in [1.82, 2.24) is 9.21 Å². The van der Waals surface area contributed by atoms with Gasteiger partial charge in [0.15, 0.2) is 0 Å². The van der Waals surface area contributed by atoms with E-state index in [1.165, 1.54) is 4.90 Å². The molecule has 2 amide bonds. The zero-order valence-corrected chi connectivity index (χ0v) is 19.3. The number of ether oxygens (including phenoxy) is 3. The fourth-order valence-electron chi connectivity index (χ4n) is 3.88. The fraction of sp³-hybridized carbons (Fsp3) is 0.619. The Kier molecular flexibility index (Phi) is 6.52. The minimum atomic E-state index is -4.08. The van der Waals surface area contributed by atoms with E-state index in [1.807, 2.05) is 30.3 Å². The van der Waals surface area contributed by atoms with Crippen LogP contribution >= 0.6 is 0 Å². The molecule has 0 aliphatic carbocycles. The zero-order valence-electron chi connectivity index (χ0n) is 18.5. The molecule has 10 heteroatoms. The summed E-state index contributed by atoms with van der Waals surface area (Å²) in [6.07, 6.45) is -2.45. The van der Waals surface area contributed by atoms with E-state index in [9.17, 15) is 18.0 Å². The SMILES string of the molecule is CC(C)N1C(=O)O[C@@H]2[C@H]1CS(=O)(=O)N(C(=O)OC(C)(C)C)[C@H]2COCc1ccccc1. The third kappa shape index (κ3) is 5.12. The number of hydrogen-bond donors (Lipinski definition) is 0. The van der Waals surface area contributed by atoms with Crippen LogP contribution in [-0.2, 0) is 30.8 Å². The van der Waals surface area contributed by atoms with Crippen LogP contribution < -0.4 is 0 Å². The summed E-state index contributed by atoms with van der Waals surface area (Å²) in [4.78, 5) is 26.8. The van der Waals surface area contributed by atoms with E-state index in [0.29, 0.717) is 4.31 Å². The van der Waals surface area contributed by atoms with E-state index in [0.717, 1.165) is 5.56 Å². The second kappa shape index (κ2) is 8.66. The lowest BCUT2D eigenvalue weighted by Gasteiger charge is -2.41. The molecule has 0 aromatic heterocycles. The van der Waals surface area contributed by atoms with Crippen molar-refractivity contribution in [3.63, 3.8) is 0 Å². The minimum Gasteiger partial charge on any atom is -0.443 e. The van der Waals surface area contributed by atoms with Gasteiger partial charge < -0.3 is 14.2 Å². The predicted octanol–water partition coefficient (Wildman–Crippen LogP) is 2.75. The van der Waals surface area contributed by atoms with Crippen molar-refractivity contribution in [2.24, 2.45) is 0 Å². The monoisotopic (exact) mass is 454 g/mol. The molecule has 0 spiro atoms. The van der Waals surface area contributed by atoms with Gasteiger partial charge in [0.25, 0.3) is 0 Å². The van der Waals surface area contributed by atoms with Crippen molar-refractivity contribution in [3.8, 4) is 0 Å². The van der Waals surface area contributed by atoms with Crippen LogP contribution in [0, 0.1) is 0 Å². The highest BCUT2D eigenvalue weighted by molar-refractivity contribution is 7.89. The molecule has 0 saturated carbocycles. The largest absolute Gasteiger partial charge is 0.443 e. The average Bonchev–Trinajstić information content (AvgIpc) is 2.95. The van der Waals surface area contributed by atoms with E-state index in [-0.39, 0.29) is 19.3 Å². The van der Waals surface area contributed by atoms with Crippen molar-refractivity contribution < 1.29 is 32.2 Å². The van der Waals surface area contributed by atoms with Crippen molar-refractivity contribution >= 4 is 22.2 Å². The molecule has 2 fully saturated rings. The quantitative estimate of drug-likeness (QED) is 0.674. The number of hydrogen-bond acceptors (Lipinski definition) is 7. The van der Waals surface area contributed by atoms with Gasteiger partial charge in [-0.3, -0.25) is 4.90 Å². The number of amides is 2. The van der Waals surface area contributed by atoms with Crippen LogP contribution in [0.25, 0.3) is 0 Å². The maximum Gasteiger partial charge on any atom is 0.424 e. The van der Waals surface area contributed by atoms with E-state index < -0.39 is 51.8 Å². The first-order valence-corrected chi connectivity index (χ1v) is 11.9. The first-order chi connectivity index (χ1) is 14.4. The number of benzene rings is 1. The Hall–Kier alpha value is -2.33. The summed E-state index contributed by atoms with van der Waals surface area (Å²) in [5.74, 6) is -0.421. The molecule has 3 atom stereocenters. The average molecular weight is 455 g/mol. The number of nitrogens with zero attached hydrogens (tertiary/aromatic N) is 2. The summed E-state index contributed by atoms with van der Waals surface area (Å²) in [6, 6.07) is 7.38. The summed E-state index contributed by atoms with van der Waals surface area (Å²) in [5, 5.41) is 0. The Morgan fingerprint density at radius 2 is 1.87 bits per heavy atom. The second-order valence-corrected chi connectivity index (χ2v) is 10.9. The van der Waals surface area contributed by atoms with Gasteiger partial charge in [0, 0.05) is 6.04 Å². The molecule has 172 valence electrons. The molecular formula is C21H30N2O7S. The highest BCUT2D eigenvalue weighted by atomic mass is 32.2. The predicted molar refractivity (Wildman–Crippen MR) is 113 cm³/mol. The number of rotatable bonds is 5. The van der Waals surface area contributed by atoms with Crippen molar-refractivity contribution in [2.75, 3.05) is 12.4 Å². The van der Waals surface area contributed by atoms with Crippen molar-refractivity contribution in [3.05, 3.63) is 35.9 Å². The lowest BCUT2D eigenvalue weighted by atomic mass is 10.0. The normalized spacial score (nSPS) is 25.4. The number of sulfonamides is 1.